The number of rotatable bonds is 5. The molecule has 1 aromatic rings. The number of ether oxygens (including phenoxy) is 1. The van der Waals surface area contributed by atoms with Gasteiger partial charge in [-0.15, -0.1) is 0 Å². The normalized spacial score (nSPS) is 11.0. The number of aryl methyl sites for hydroxylation is 1. The van der Waals surface area contributed by atoms with Gasteiger partial charge in [0.25, 0.3) is 0 Å². The zero-order valence-electron chi connectivity index (χ0n) is 11.5. The zero-order valence-corrected chi connectivity index (χ0v) is 12.4. The molecule has 3 heteroatoms. The standard InChI is InChI=1S/C14H23NOS/c1-10-8-14(16-5)12(3)11(2)13(10)9-15(4)6-7-17/h8,17H,6-7,9H2,1-5H3. The summed E-state index contributed by atoms with van der Waals surface area (Å²) in [5.41, 5.74) is 5.30. The van der Waals surface area contributed by atoms with Crippen LogP contribution in [0.3, 0.4) is 0 Å². The lowest BCUT2D eigenvalue weighted by molar-refractivity contribution is 0.346. The third kappa shape index (κ3) is 3.39. The number of hydrogen-bond donors (Lipinski definition) is 1. The summed E-state index contributed by atoms with van der Waals surface area (Å²) in [4.78, 5) is 2.30. The molecule has 0 radical (unpaired) electrons. The van der Waals surface area contributed by atoms with Crippen LogP contribution in [-0.2, 0) is 6.54 Å². The summed E-state index contributed by atoms with van der Waals surface area (Å²) in [6, 6.07) is 2.13. The number of methoxy groups -OCH3 is 1. The molecule has 17 heavy (non-hydrogen) atoms. The molecule has 0 aromatic heterocycles. The van der Waals surface area contributed by atoms with E-state index in [-0.39, 0.29) is 0 Å². The predicted octanol–water partition coefficient (Wildman–Crippen LogP) is 2.98. The molecular formula is C14H23NOS. The minimum Gasteiger partial charge on any atom is -0.496 e. The van der Waals surface area contributed by atoms with Gasteiger partial charge < -0.3 is 9.64 Å². The molecule has 0 amide bonds. The van der Waals surface area contributed by atoms with E-state index in [1.54, 1.807) is 7.11 Å². The first-order chi connectivity index (χ1) is 8.01. The number of hydrogen-bond acceptors (Lipinski definition) is 3. The Morgan fingerprint density at radius 2 is 1.88 bits per heavy atom. The molecular weight excluding hydrogens is 230 g/mol. The van der Waals surface area contributed by atoms with E-state index in [0.717, 1.165) is 24.6 Å². The van der Waals surface area contributed by atoms with Crippen LogP contribution in [0.25, 0.3) is 0 Å². The van der Waals surface area contributed by atoms with Gasteiger partial charge in [0.15, 0.2) is 0 Å². The van der Waals surface area contributed by atoms with Crippen molar-refractivity contribution in [1.29, 1.82) is 0 Å². The van der Waals surface area contributed by atoms with Crippen LogP contribution in [0.2, 0.25) is 0 Å². The van der Waals surface area contributed by atoms with Crippen LogP contribution >= 0.6 is 12.6 Å². The maximum absolute atomic E-state index is 5.39. The van der Waals surface area contributed by atoms with Crippen molar-refractivity contribution >= 4 is 12.6 Å². The monoisotopic (exact) mass is 253 g/mol. The molecule has 0 heterocycles. The molecule has 0 fully saturated rings. The number of nitrogens with zero attached hydrogens (tertiary/aromatic N) is 1. The van der Waals surface area contributed by atoms with Crippen molar-refractivity contribution in [2.45, 2.75) is 27.3 Å². The fourth-order valence-electron chi connectivity index (χ4n) is 2.07. The quantitative estimate of drug-likeness (QED) is 0.810. The van der Waals surface area contributed by atoms with Gasteiger partial charge in [-0.1, -0.05) is 0 Å². The van der Waals surface area contributed by atoms with E-state index in [4.69, 9.17) is 4.74 Å². The summed E-state index contributed by atoms with van der Waals surface area (Å²) < 4.78 is 5.39. The Hall–Kier alpha value is -0.670. The van der Waals surface area contributed by atoms with Crippen molar-refractivity contribution in [2.24, 2.45) is 0 Å². The summed E-state index contributed by atoms with van der Waals surface area (Å²) in [6.45, 7) is 8.43. The summed E-state index contributed by atoms with van der Waals surface area (Å²) >= 11 is 4.27. The predicted molar refractivity (Wildman–Crippen MR) is 77.4 cm³/mol. The van der Waals surface area contributed by atoms with Crippen LogP contribution in [0.15, 0.2) is 6.07 Å². The fraction of sp³-hybridized carbons (Fsp3) is 0.571. The first-order valence-electron chi connectivity index (χ1n) is 5.94. The van der Waals surface area contributed by atoms with E-state index in [1.165, 1.54) is 22.3 Å². The smallest absolute Gasteiger partial charge is 0.122 e. The second kappa shape index (κ2) is 6.31. The summed E-state index contributed by atoms with van der Waals surface area (Å²) in [7, 11) is 3.86. The van der Waals surface area contributed by atoms with Crippen LogP contribution in [0.1, 0.15) is 22.3 Å². The van der Waals surface area contributed by atoms with Crippen molar-refractivity contribution < 1.29 is 4.74 Å². The van der Waals surface area contributed by atoms with Crippen LogP contribution in [0.5, 0.6) is 5.75 Å². The number of benzene rings is 1. The second-order valence-corrected chi connectivity index (χ2v) is 5.03. The van der Waals surface area contributed by atoms with Crippen molar-refractivity contribution in [3.8, 4) is 5.75 Å². The highest BCUT2D eigenvalue weighted by molar-refractivity contribution is 7.80. The van der Waals surface area contributed by atoms with Gasteiger partial charge in [0.2, 0.25) is 0 Å². The van der Waals surface area contributed by atoms with Crippen LogP contribution in [-0.4, -0.2) is 31.4 Å². The molecule has 0 saturated heterocycles. The summed E-state index contributed by atoms with van der Waals surface area (Å²) in [5.74, 6) is 1.88. The molecule has 2 nitrogen and oxygen atoms in total. The van der Waals surface area contributed by atoms with E-state index >= 15 is 0 Å². The van der Waals surface area contributed by atoms with E-state index < -0.39 is 0 Å². The maximum Gasteiger partial charge on any atom is 0.122 e. The molecule has 1 rings (SSSR count). The average molecular weight is 253 g/mol. The Balaban J connectivity index is 3.04. The minimum atomic E-state index is 0.893. The zero-order chi connectivity index (χ0) is 13.0. The molecule has 96 valence electrons. The molecule has 1 aromatic carbocycles. The summed E-state index contributed by atoms with van der Waals surface area (Å²) in [6.07, 6.45) is 0. The van der Waals surface area contributed by atoms with E-state index in [0.29, 0.717) is 0 Å². The van der Waals surface area contributed by atoms with Gasteiger partial charge in [0.05, 0.1) is 7.11 Å². The van der Waals surface area contributed by atoms with Crippen LogP contribution < -0.4 is 4.74 Å². The molecule has 0 aliphatic rings. The largest absolute Gasteiger partial charge is 0.496 e. The molecule has 0 bridgehead atoms. The van der Waals surface area contributed by atoms with Gasteiger partial charge in [0, 0.05) is 18.8 Å². The molecule has 0 spiro atoms. The molecule has 0 N–H and O–H groups in total. The maximum atomic E-state index is 5.39. The van der Waals surface area contributed by atoms with Gasteiger partial charge in [-0.3, -0.25) is 0 Å². The number of thiol groups is 1. The molecule has 0 aliphatic heterocycles. The highest BCUT2D eigenvalue weighted by Gasteiger charge is 2.11. The Bertz CT molecular complexity index is 390. The van der Waals surface area contributed by atoms with Gasteiger partial charge in [-0.25, -0.2) is 0 Å². The Labute approximate surface area is 110 Å². The van der Waals surface area contributed by atoms with Gasteiger partial charge in [0.1, 0.15) is 5.75 Å². The molecule has 0 atom stereocenters. The second-order valence-electron chi connectivity index (χ2n) is 4.59. The van der Waals surface area contributed by atoms with E-state index in [2.05, 4.69) is 51.4 Å². The topological polar surface area (TPSA) is 12.5 Å². The van der Waals surface area contributed by atoms with Crippen molar-refractivity contribution in [3.05, 3.63) is 28.3 Å². The first-order valence-corrected chi connectivity index (χ1v) is 6.57. The highest BCUT2D eigenvalue weighted by atomic mass is 32.1. The third-order valence-electron chi connectivity index (χ3n) is 3.34. The Kier molecular flexibility index (Phi) is 5.34. The van der Waals surface area contributed by atoms with E-state index in [1.807, 2.05) is 0 Å². The van der Waals surface area contributed by atoms with E-state index in [9.17, 15) is 0 Å². The average Bonchev–Trinajstić information content (AvgIpc) is 2.29. The van der Waals surface area contributed by atoms with Crippen LogP contribution in [0, 0.1) is 20.8 Å². The molecule has 0 aliphatic carbocycles. The van der Waals surface area contributed by atoms with Crippen molar-refractivity contribution in [3.63, 3.8) is 0 Å². The highest BCUT2D eigenvalue weighted by Crippen LogP contribution is 2.28. The van der Waals surface area contributed by atoms with Crippen LogP contribution in [0.4, 0.5) is 0 Å². The fourth-order valence-corrected chi connectivity index (χ4v) is 2.42. The lowest BCUT2D eigenvalue weighted by atomic mass is 9.97. The third-order valence-corrected chi connectivity index (χ3v) is 3.54. The molecule has 0 unspecified atom stereocenters. The molecule has 0 saturated carbocycles. The Morgan fingerprint density at radius 3 is 2.41 bits per heavy atom. The minimum absolute atomic E-state index is 0.893. The first kappa shape index (κ1) is 14.4. The van der Waals surface area contributed by atoms with Gasteiger partial charge in [-0.2, -0.15) is 12.6 Å². The van der Waals surface area contributed by atoms with Gasteiger partial charge in [-0.05, 0) is 56.1 Å². The lowest BCUT2D eigenvalue weighted by Crippen LogP contribution is -2.21. The SMILES string of the molecule is COc1cc(C)c(CN(C)CCS)c(C)c1C. The Morgan fingerprint density at radius 1 is 1.24 bits per heavy atom. The van der Waals surface area contributed by atoms with Crippen molar-refractivity contribution in [1.82, 2.24) is 4.90 Å². The summed E-state index contributed by atoms with van der Waals surface area (Å²) in [5, 5.41) is 0. The van der Waals surface area contributed by atoms with Crippen molar-refractivity contribution in [2.75, 3.05) is 26.5 Å². The van der Waals surface area contributed by atoms with Gasteiger partial charge >= 0.3 is 0 Å². The lowest BCUT2D eigenvalue weighted by Gasteiger charge is -2.21.